The van der Waals surface area contributed by atoms with Gasteiger partial charge in [0.2, 0.25) is 0 Å². The van der Waals surface area contributed by atoms with E-state index in [9.17, 15) is 5.11 Å². The van der Waals surface area contributed by atoms with Gasteiger partial charge in [0.05, 0.1) is 6.10 Å². The van der Waals surface area contributed by atoms with Crippen LogP contribution in [0, 0.1) is 6.92 Å². The van der Waals surface area contributed by atoms with E-state index in [2.05, 4.69) is 37.8 Å². The Kier molecular flexibility index (Phi) is 6.23. The van der Waals surface area contributed by atoms with Crippen LogP contribution in [0.15, 0.2) is 24.3 Å². The van der Waals surface area contributed by atoms with Crippen molar-refractivity contribution >= 4 is 0 Å². The zero-order valence-electron chi connectivity index (χ0n) is 11.3. The number of likely N-dealkylation sites (N-methyl/N-ethyl adjacent to an activating group) is 1. The Morgan fingerprint density at radius 2 is 2.06 bits per heavy atom. The molecule has 0 saturated carbocycles. The lowest BCUT2D eigenvalue weighted by molar-refractivity contribution is 0.115. The summed E-state index contributed by atoms with van der Waals surface area (Å²) in [6.07, 6.45) is 2.04. The molecule has 0 radical (unpaired) electrons. The van der Waals surface area contributed by atoms with Gasteiger partial charge < -0.3 is 10.0 Å². The molecule has 0 bridgehead atoms. The zero-order chi connectivity index (χ0) is 12.7. The summed E-state index contributed by atoms with van der Waals surface area (Å²) in [6, 6.07) is 8.14. The largest absolute Gasteiger partial charge is 0.387 e. The smallest absolute Gasteiger partial charge is 0.0917 e. The molecule has 2 nitrogen and oxygen atoms in total. The van der Waals surface area contributed by atoms with E-state index < -0.39 is 0 Å². The number of benzene rings is 1. The van der Waals surface area contributed by atoms with E-state index in [1.165, 1.54) is 18.4 Å². The Balaban J connectivity index is 2.54. The van der Waals surface area contributed by atoms with Crippen molar-refractivity contribution in [1.29, 1.82) is 0 Å². The van der Waals surface area contributed by atoms with Crippen LogP contribution in [-0.4, -0.2) is 29.6 Å². The third kappa shape index (κ3) is 4.88. The average molecular weight is 235 g/mol. The van der Waals surface area contributed by atoms with Crippen molar-refractivity contribution in [2.45, 2.75) is 39.7 Å². The number of hydrogen-bond donors (Lipinski definition) is 1. The molecule has 0 heterocycles. The van der Waals surface area contributed by atoms with E-state index in [0.717, 1.165) is 25.2 Å². The highest BCUT2D eigenvalue weighted by molar-refractivity contribution is 5.24. The molecule has 0 fully saturated rings. The molecular weight excluding hydrogens is 210 g/mol. The molecule has 1 unspecified atom stereocenters. The van der Waals surface area contributed by atoms with Crippen molar-refractivity contribution in [2.75, 3.05) is 19.6 Å². The van der Waals surface area contributed by atoms with Gasteiger partial charge in [0.15, 0.2) is 0 Å². The van der Waals surface area contributed by atoms with Gasteiger partial charge in [-0.2, -0.15) is 0 Å². The molecule has 0 saturated heterocycles. The highest BCUT2D eigenvalue weighted by Gasteiger charge is 2.11. The van der Waals surface area contributed by atoms with Gasteiger partial charge in [-0.25, -0.2) is 0 Å². The Labute approximate surface area is 105 Å². The van der Waals surface area contributed by atoms with Gasteiger partial charge in [-0.15, -0.1) is 0 Å². The third-order valence-corrected chi connectivity index (χ3v) is 3.13. The average Bonchev–Trinajstić information content (AvgIpc) is 2.34. The quantitative estimate of drug-likeness (QED) is 0.785. The highest BCUT2D eigenvalue weighted by Crippen LogP contribution is 2.15. The maximum Gasteiger partial charge on any atom is 0.0917 e. The first kappa shape index (κ1) is 14.2. The van der Waals surface area contributed by atoms with Crippen molar-refractivity contribution in [2.24, 2.45) is 0 Å². The first-order valence-electron chi connectivity index (χ1n) is 6.64. The first-order chi connectivity index (χ1) is 8.17. The molecule has 1 aromatic carbocycles. The summed E-state index contributed by atoms with van der Waals surface area (Å²) in [5, 5.41) is 10.2. The van der Waals surface area contributed by atoms with Crippen LogP contribution < -0.4 is 0 Å². The van der Waals surface area contributed by atoms with Gasteiger partial charge in [-0.05, 0) is 32.0 Å². The molecule has 0 spiro atoms. The van der Waals surface area contributed by atoms with Crippen molar-refractivity contribution < 1.29 is 5.11 Å². The number of aliphatic hydroxyl groups is 1. The van der Waals surface area contributed by atoms with Gasteiger partial charge in [0.25, 0.3) is 0 Å². The molecule has 0 aliphatic heterocycles. The molecule has 1 rings (SSSR count). The van der Waals surface area contributed by atoms with Crippen LogP contribution in [0.2, 0.25) is 0 Å². The summed E-state index contributed by atoms with van der Waals surface area (Å²) in [5.41, 5.74) is 2.23. The van der Waals surface area contributed by atoms with E-state index in [0.29, 0.717) is 0 Å². The van der Waals surface area contributed by atoms with Crippen LogP contribution in [0.5, 0.6) is 0 Å². The van der Waals surface area contributed by atoms with E-state index in [4.69, 9.17) is 0 Å². The fraction of sp³-hybridized carbons (Fsp3) is 0.600. The third-order valence-electron chi connectivity index (χ3n) is 3.13. The molecule has 0 aliphatic carbocycles. The minimum absolute atomic E-state index is 0.369. The van der Waals surface area contributed by atoms with E-state index in [1.807, 2.05) is 12.1 Å². The lowest BCUT2D eigenvalue weighted by Gasteiger charge is -2.23. The first-order valence-corrected chi connectivity index (χ1v) is 6.64. The van der Waals surface area contributed by atoms with Crippen molar-refractivity contribution in [1.82, 2.24) is 4.90 Å². The SMILES string of the molecule is CCCCN(CC)CC(O)c1cccc(C)c1. The van der Waals surface area contributed by atoms with Crippen LogP contribution in [-0.2, 0) is 0 Å². The summed E-state index contributed by atoms with van der Waals surface area (Å²) < 4.78 is 0. The van der Waals surface area contributed by atoms with Gasteiger partial charge in [0.1, 0.15) is 0 Å². The fourth-order valence-electron chi connectivity index (χ4n) is 1.99. The Morgan fingerprint density at radius 3 is 2.65 bits per heavy atom. The molecule has 1 N–H and O–H groups in total. The summed E-state index contributed by atoms with van der Waals surface area (Å²) >= 11 is 0. The Hall–Kier alpha value is -0.860. The minimum atomic E-state index is -0.369. The van der Waals surface area contributed by atoms with Gasteiger partial charge in [0, 0.05) is 6.54 Å². The fourth-order valence-corrected chi connectivity index (χ4v) is 1.99. The number of unbranched alkanes of at least 4 members (excludes halogenated alkanes) is 1. The lowest BCUT2D eigenvalue weighted by Crippen LogP contribution is -2.29. The lowest BCUT2D eigenvalue weighted by atomic mass is 10.1. The second-order valence-electron chi connectivity index (χ2n) is 4.68. The predicted molar refractivity (Wildman–Crippen MR) is 73.2 cm³/mol. The predicted octanol–water partition coefficient (Wildman–Crippen LogP) is 3.15. The molecule has 2 heteroatoms. The summed E-state index contributed by atoms with van der Waals surface area (Å²) in [4.78, 5) is 2.32. The maximum absolute atomic E-state index is 10.2. The van der Waals surface area contributed by atoms with E-state index in [1.54, 1.807) is 0 Å². The zero-order valence-corrected chi connectivity index (χ0v) is 11.3. The number of rotatable bonds is 7. The van der Waals surface area contributed by atoms with Gasteiger partial charge in [-0.3, -0.25) is 0 Å². The molecule has 0 aromatic heterocycles. The molecule has 0 amide bonds. The minimum Gasteiger partial charge on any atom is -0.387 e. The topological polar surface area (TPSA) is 23.5 Å². The number of aliphatic hydroxyl groups excluding tert-OH is 1. The molecule has 0 aliphatic rings. The Bertz CT molecular complexity index is 324. The van der Waals surface area contributed by atoms with Crippen LogP contribution in [0.1, 0.15) is 43.9 Å². The molecule has 1 atom stereocenters. The monoisotopic (exact) mass is 235 g/mol. The molecular formula is C15H25NO. The Morgan fingerprint density at radius 1 is 1.29 bits per heavy atom. The summed E-state index contributed by atoms with van der Waals surface area (Å²) in [7, 11) is 0. The maximum atomic E-state index is 10.2. The van der Waals surface area contributed by atoms with E-state index >= 15 is 0 Å². The van der Waals surface area contributed by atoms with Gasteiger partial charge >= 0.3 is 0 Å². The summed E-state index contributed by atoms with van der Waals surface area (Å²) in [5.74, 6) is 0. The molecule has 96 valence electrons. The highest BCUT2D eigenvalue weighted by atomic mass is 16.3. The van der Waals surface area contributed by atoms with Gasteiger partial charge in [-0.1, -0.05) is 50.1 Å². The second kappa shape index (κ2) is 7.46. The number of hydrogen-bond acceptors (Lipinski definition) is 2. The van der Waals surface area contributed by atoms with Crippen molar-refractivity contribution in [3.8, 4) is 0 Å². The van der Waals surface area contributed by atoms with Crippen LogP contribution in [0.4, 0.5) is 0 Å². The second-order valence-corrected chi connectivity index (χ2v) is 4.68. The molecule has 17 heavy (non-hydrogen) atoms. The molecule has 1 aromatic rings. The number of nitrogens with zero attached hydrogens (tertiary/aromatic N) is 1. The van der Waals surface area contributed by atoms with E-state index in [-0.39, 0.29) is 6.10 Å². The standard InChI is InChI=1S/C15H25NO/c1-4-6-10-16(5-2)12-15(17)14-9-7-8-13(3)11-14/h7-9,11,15,17H,4-6,10,12H2,1-3H3. The van der Waals surface area contributed by atoms with Crippen LogP contribution in [0.25, 0.3) is 0 Å². The summed E-state index contributed by atoms with van der Waals surface area (Å²) in [6.45, 7) is 9.23. The normalized spacial score (nSPS) is 13.0. The van der Waals surface area contributed by atoms with Crippen LogP contribution in [0.3, 0.4) is 0 Å². The van der Waals surface area contributed by atoms with Crippen LogP contribution >= 0.6 is 0 Å². The van der Waals surface area contributed by atoms with Crippen molar-refractivity contribution in [3.63, 3.8) is 0 Å². The van der Waals surface area contributed by atoms with Crippen molar-refractivity contribution in [3.05, 3.63) is 35.4 Å². The number of aryl methyl sites for hydroxylation is 1.